The Morgan fingerprint density at radius 3 is 2.40 bits per heavy atom. The molecular weight excluding hydrogens is 278 g/mol. The third kappa shape index (κ3) is 4.09. The van der Waals surface area contributed by atoms with Crippen LogP contribution in [0.5, 0.6) is 0 Å². The topological polar surface area (TPSA) is 61.4 Å². The second-order valence-corrected chi connectivity index (χ2v) is 5.82. The van der Waals surface area contributed by atoms with Crippen molar-refractivity contribution in [2.24, 2.45) is 5.92 Å². The Bertz CT molecular complexity index is 339. The molecule has 0 bridgehead atoms. The Hall–Kier alpha value is -0.810. The minimum absolute atomic E-state index is 0. The fourth-order valence-corrected chi connectivity index (χ4v) is 3.26. The summed E-state index contributed by atoms with van der Waals surface area (Å²) in [5, 5.41) is 6.15. The summed E-state index contributed by atoms with van der Waals surface area (Å²) in [5.41, 5.74) is 0. The predicted octanol–water partition coefficient (Wildman–Crippen LogP) is 0.923. The maximum absolute atomic E-state index is 12.6. The van der Waals surface area contributed by atoms with Gasteiger partial charge in [0.25, 0.3) is 0 Å². The second kappa shape index (κ2) is 7.84. The van der Waals surface area contributed by atoms with E-state index in [4.69, 9.17) is 0 Å². The highest BCUT2D eigenvalue weighted by molar-refractivity contribution is 5.87. The van der Waals surface area contributed by atoms with Gasteiger partial charge >= 0.3 is 0 Å². The van der Waals surface area contributed by atoms with E-state index in [-0.39, 0.29) is 36.3 Å². The molecule has 2 N–H and O–H groups in total. The molecule has 0 radical (unpaired) electrons. The molecule has 2 unspecified atom stereocenters. The molecule has 0 aromatic heterocycles. The van der Waals surface area contributed by atoms with Crippen molar-refractivity contribution in [3.8, 4) is 0 Å². The Balaban J connectivity index is 0.00000200. The molecule has 1 saturated heterocycles. The maximum Gasteiger partial charge on any atom is 0.245 e. The zero-order valence-electron chi connectivity index (χ0n) is 12.4. The number of likely N-dealkylation sites (N-methyl/N-ethyl adjacent to an activating group) is 1. The number of nitrogens with zero attached hydrogens (tertiary/aromatic N) is 1. The van der Waals surface area contributed by atoms with E-state index in [1.807, 2.05) is 11.9 Å². The Morgan fingerprint density at radius 2 is 1.90 bits per heavy atom. The van der Waals surface area contributed by atoms with Gasteiger partial charge in [-0.15, -0.1) is 12.4 Å². The molecule has 5 nitrogen and oxygen atoms in total. The van der Waals surface area contributed by atoms with Gasteiger partial charge in [0, 0.05) is 26.6 Å². The number of halogens is 1. The number of amides is 2. The van der Waals surface area contributed by atoms with Crippen LogP contribution in [0.25, 0.3) is 0 Å². The smallest absolute Gasteiger partial charge is 0.245 e. The molecule has 2 fully saturated rings. The van der Waals surface area contributed by atoms with Gasteiger partial charge in [0.05, 0.1) is 0 Å². The summed E-state index contributed by atoms with van der Waals surface area (Å²) in [7, 11) is 1.86. The number of carbonyl (C=O) groups excluding carboxylic acids is 2. The normalized spacial score (nSPS) is 24.0. The lowest BCUT2D eigenvalue weighted by atomic mass is 9.96. The van der Waals surface area contributed by atoms with Gasteiger partial charge in [0.15, 0.2) is 0 Å². The monoisotopic (exact) mass is 303 g/mol. The molecule has 0 spiro atoms. The first kappa shape index (κ1) is 17.2. The number of hydrogen-bond acceptors (Lipinski definition) is 3. The first-order valence-corrected chi connectivity index (χ1v) is 7.34. The van der Waals surface area contributed by atoms with E-state index in [1.54, 1.807) is 0 Å². The Morgan fingerprint density at radius 1 is 1.25 bits per heavy atom. The molecular formula is C14H26ClN3O2. The molecule has 20 heavy (non-hydrogen) atoms. The summed E-state index contributed by atoms with van der Waals surface area (Å²) in [6.07, 6.45) is 5.44. The molecule has 2 atom stereocenters. The highest BCUT2D eigenvalue weighted by Crippen LogP contribution is 2.29. The molecule has 1 aliphatic carbocycles. The molecule has 2 amide bonds. The lowest BCUT2D eigenvalue weighted by Gasteiger charge is -2.31. The minimum Gasteiger partial charge on any atom is -0.344 e. The standard InChI is InChI=1S/C14H25N3O2.ClH/c1-10(18)16-13(11-5-3-4-6-11)14(19)17(2)12-7-8-15-9-12;/h11-13,15H,3-9H2,1-2H3,(H,16,18);1H. The molecule has 0 aromatic carbocycles. The van der Waals surface area contributed by atoms with Crippen molar-refractivity contribution in [2.45, 2.75) is 51.1 Å². The zero-order chi connectivity index (χ0) is 13.8. The number of nitrogens with one attached hydrogen (secondary N) is 2. The lowest BCUT2D eigenvalue weighted by Crippen LogP contribution is -2.53. The molecule has 1 saturated carbocycles. The lowest BCUT2D eigenvalue weighted by molar-refractivity contribution is -0.138. The van der Waals surface area contributed by atoms with Crippen molar-refractivity contribution >= 4 is 24.2 Å². The van der Waals surface area contributed by atoms with Crippen molar-refractivity contribution in [3.05, 3.63) is 0 Å². The molecule has 0 aromatic rings. The summed E-state index contributed by atoms with van der Waals surface area (Å²) in [6, 6.07) is -0.0595. The van der Waals surface area contributed by atoms with E-state index < -0.39 is 0 Å². The molecule has 6 heteroatoms. The first-order valence-electron chi connectivity index (χ1n) is 7.34. The fraction of sp³-hybridized carbons (Fsp3) is 0.857. The van der Waals surface area contributed by atoms with Gasteiger partial charge in [0.2, 0.25) is 11.8 Å². The third-order valence-corrected chi connectivity index (χ3v) is 4.43. The summed E-state index contributed by atoms with van der Waals surface area (Å²) in [6.45, 7) is 3.32. The van der Waals surface area contributed by atoms with Gasteiger partial charge in [-0.1, -0.05) is 12.8 Å². The summed E-state index contributed by atoms with van der Waals surface area (Å²) in [5.74, 6) is 0.284. The highest BCUT2D eigenvalue weighted by Gasteiger charge is 2.35. The van der Waals surface area contributed by atoms with E-state index in [0.29, 0.717) is 5.92 Å². The SMILES string of the molecule is CC(=O)NC(C(=O)N(C)C1CCNC1)C1CCCC1.Cl. The van der Waals surface area contributed by atoms with E-state index in [1.165, 1.54) is 19.8 Å². The molecule has 1 aliphatic heterocycles. The van der Waals surface area contributed by atoms with Gasteiger partial charge in [-0.2, -0.15) is 0 Å². The van der Waals surface area contributed by atoms with Crippen LogP contribution in [-0.4, -0.2) is 48.9 Å². The van der Waals surface area contributed by atoms with Gasteiger partial charge in [-0.25, -0.2) is 0 Å². The van der Waals surface area contributed by atoms with Gasteiger partial charge in [-0.05, 0) is 31.7 Å². The quantitative estimate of drug-likeness (QED) is 0.812. The number of carbonyl (C=O) groups is 2. The minimum atomic E-state index is -0.328. The Kier molecular flexibility index (Phi) is 6.76. The van der Waals surface area contributed by atoms with E-state index >= 15 is 0 Å². The second-order valence-electron chi connectivity index (χ2n) is 5.82. The average Bonchev–Trinajstić information content (AvgIpc) is 3.05. The fourth-order valence-electron chi connectivity index (χ4n) is 3.26. The van der Waals surface area contributed by atoms with Crippen molar-refractivity contribution in [1.82, 2.24) is 15.5 Å². The predicted molar refractivity (Wildman–Crippen MR) is 80.9 cm³/mol. The average molecular weight is 304 g/mol. The molecule has 2 aliphatic rings. The maximum atomic E-state index is 12.6. The van der Waals surface area contributed by atoms with Crippen LogP contribution in [0.1, 0.15) is 39.0 Å². The van der Waals surface area contributed by atoms with Gasteiger partial charge < -0.3 is 15.5 Å². The van der Waals surface area contributed by atoms with E-state index in [2.05, 4.69) is 10.6 Å². The third-order valence-electron chi connectivity index (χ3n) is 4.43. The van der Waals surface area contributed by atoms with Gasteiger partial charge in [-0.3, -0.25) is 9.59 Å². The van der Waals surface area contributed by atoms with Crippen molar-refractivity contribution < 1.29 is 9.59 Å². The van der Waals surface area contributed by atoms with Crippen LogP contribution < -0.4 is 10.6 Å². The van der Waals surface area contributed by atoms with Crippen LogP contribution in [-0.2, 0) is 9.59 Å². The molecule has 116 valence electrons. The summed E-state index contributed by atoms with van der Waals surface area (Å²) >= 11 is 0. The van der Waals surface area contributed by atoms with Crippen molar-refractivity contribution in [3.63, 3.8) is 0 Å². The van der Waals surface area contributed by atoms with E-state index in [9.17, 15) is 9.59 Å². The summed E-state index contributed by atoms with van der Waals surface area (Å²) in [4.78, 5) is 25.8. The first-order chi connectivity index (χ1) is 9.09. The zero-order valence-corrected chi connectivity index (χ0v) is 13.2. The molecule has 2 rings (SSSR count). The van der Waals surface area contributed by atoms with Crippen molar-refractivity contribution in [1.29, 1.82) is 0 Å². The number of hydrogen-bond donors (Lipinski definition) is 2. The number of rotatable bonds is 4. The summed E-state index contributed by atoms with van der Waals surface area (Å²) < 4.78 is 0. The van der Waals surface area contributed by atoms with Crippen LogP contribution >= 0.6 is 12.4 Å². The van der Waals surface area contributed by atoms with Crippen LogP contribution in [0.15, 0.2) is 0 Å². The van der Waals surface area contributed by atoms with Gasteiger partial charge in [0.1, 0.15) is 6.04 Å². The van der Waals surface area contributed by atoms with Crippen LogP contribution in [0.2, 0.25) is 0 Å². The molecule has 1 heterocycles. The largest absolute Gasteiger partial charge is 0.344 e. The Labute approximate surface area is 127 Å². The van der Waals surface area contributed by atoms with Crippen molar-refractivity contribution in [2.75, 3.05) is 20.1 Å². The van der Waals surface area contributed by atoms with Crippen LogP contribution in [0.4, 0.5) is 0 Å². The van der Waals surface area contributed by atoms with Crippen LogP contribution in [0.3, 0.4) is 0 Å². The van der Waals surface area contributed by atoms with E-state index in [0.717, 1.165) is 32.4 Å². The highest BCUT2D eigenvalue weighted by atomic mass is 35.5. The van der Waals surface area contributed by atoms with Crippen LogP contribution in [0, 0.1) is 5.92 Å².